The molecular weight excluding hydrogens is 198 g/mol. The van der Waals surface area contributed by atoms with Crippen LogP contribution in [0.3, 0.4) is 0 Å². The van der Waals surface area contributed by atoms with Gasteiger partial charge in [0.1, 0.15) is 0 Å². The fourth-order valence-corrected chi connectivity index (χ4v) is 1.85. The highest BCUT2D eigenvalue weighted by molar-refractivity contribution is 5.14. The maximum Gasteiger partial charge on any atom is 0.0105 e. The number of benzene rings is 1. The Labute approximate surface area is 98.4 Å². The van der Waals surface area contributed by atoms with Gasteiger partial charge >= 0.3 is 0 Å². The van der Waals surface area contributed by atoms with Crippen LogP contribution in [0.25, 0.3) is 0 Å². The third-order valence-corrected chi connectivity index (χ3v) is 2.67. The van der Waals surface area contributed by atoms with Gasteiger partial charge in [0, 0.05) is 26.2 Å². The molecule has 0 spiro atoms. The van der Waals surface area contributed by atoms with Gasteiger partial charge in [-0.3, -0.25) is 0 Å². The summed E-state index contributed by atoms with van der Waals surface area (Å²) in [5.74, 6) is 0. The predicted molar refractivity (Wildman–Crippen MR) is 69.3 cm³/mol. The van der Waals surface area contributed by atoms with Gasteiger partial charge < -0.3 is 16.4 Å². The van der Waals surface area contributed by atoms with Gasteiger partial charge in [0.05, 0.1) is 0 Å². The van der Waals surface area contributed by atoms with Crippen molar-refractivity contribution in [3.63, 3.8) is 0 Å². The van der Waals surface area contributed by atoms with E-state index < -0.39 is 0 Å². The summed E-state index contributed by atoms with van der Waals surface area (Å²) in [5, 5.41) is 0. The maximum atomic E-state index is 5.56. The first-order valence-electron chi connectivity index (χ1n) is 6.03. The van der Waals surface area contributed by atoms with Crippen molar-refractivity contribution < 1.29 is 0 Å². The van der Waals surface area contributed by atoms with Crippen molar-refractivity contribution in [3.05, 3.63) is 35.9 Å². The van der Waals surface area contributed by atoms with E-state index >= 15 is 0 Å². The van der Waals surface area contributed by atoms with E-state index in [0.29, 0.717) is 13.1 Å². The second-order valence-electron chi connectivity index (χ2n) is 4.01. The topological polar surface area (TPSA) is 55.3 Å². The molecule has 16 heavy (non-hydrogen) atoms. The quantitative estimate of drug-likeness (QED) is 0.684. The van der Waals surface area contributed by atoms with Crippen LogP contribution in [-0.2, 0) is 6.42 Å². The number of hydrogen-bond acceptors (Lipinski definition) is 3. The van der Waals surface area contributed by atoms with Crippen LogP contribution in [0.2, 0.25) is 0 Å². The third-order valence-electron chi connectivity index (χ3n) is 2.67. The SMILES string of the molecule is NCCN(CCN)CCCc1ccccc1. The van der Waals surface area contributed by atoms with Crippen molar-refractivity contribution in [2.45, 2.75) is 12.8 Å². The first-order valence-corrected chi connectivity index (χ1v) is 6.03. The summed E-state index contributed by atoms with van der Waals surface area (Å²) in [6, 6.07) is 10.6. The first kappa shape index (κ1) is 13.2. The molecule has 3 nitrogen and oxygen atoms in total. The molecule has 90 valence electrons. The minimum Gasteiger partial charge on any atom is -0.329 e. The van der Waals surface area contributed by atoms with E-state index in [1.807, 2.05) is 0 Å². The Morgan fingerprint density at radius 3 is 2.06 bits per heavy atom. The second kappa shape index (κ2) is 8.28. The zero-order chi connectivity index (χ0) is 11.6. The highest BCUT2D eigenvalue weighted by Gasteiger charge is 2.02. The Kier molecular flexibility index (Phi) is 6.81. The van der Waals surface area contributed by atoms with Crippen molar-refractivity contribution >= 4 is 0 Å². The number of aryl methyl sites for hydroxylation is 1. The van der Waals surface area contributed by atoms with Crippen molar-refractivity contribution in [1.29, 1.82) is 0 Å². The molecule has 1 aromatic carbocycles. The average molecular weight is 221 g/mol. The van der Waals surface area contributed by atoms with E-state index in [0.717, 1.165) is 26.1 Å². The van der Waals surface area contributed by atoms with Crippen LogP contribution in [0.4, 0.5) is 0 Å². The van der Waals surface area contributed by atoms with Gasteiger partial charge in [-0.2, -0.15) is 0 Å². The lowest BCUT2D eigenvalue weighted by Gasteiger charge is -2.20. The van der Waals surface area contributed by atoms with Crippen molar-refractivity contribution in [3.8, 4) is 0 Å². The highest BCUT2D eigenvalue weighted by Crippen LogP contribution is 2.03. The number of nitrogens with zero attached hydrogens (tertiary/aromatic N) is 1. The molecule has 0 aliphatic carbocycles. The molecule has 1 aromatic rings. The fourth-order valence-electron chi connectivity index (χ4n) is 1.85. The summed E-state index contributed by atoms with van der Waals surface area (Å²) < 4.78 is 0. The Morgan fingerprint density at radius 2 is 1.50 bits per heavy atom. The fraction of sp³-hybridized carbons (Fsp3) is 0.538. The molecule has 0 aromatic heterocycles. The van der Waals surface area contributed by atoms with Gasteiger partial charge in [-0.15, -0.1) is 0 Å². The number of nitrogens with two attached hydrogens (primary N) is 2. The summed E-state index contributed by atoms with van der Waals surface area (Å²) in [7, 11) is 0. The lowest BCUT2D eigenvalue weighted by Crippen LogP contribution is -2.34. The van der Waals surface area contributed by atoms with Crippen LogP contribution in [0, 0.1) is 0 Å². The summed E-state index contributed by atoms with van der Waals surface area (Å²) >= 11 is 0. The average Bonchev–Trinajstić information content (AvgIpc) is 2.31. The van der Waals surface area contributed by atoms with E-state index in [2.05, 4.69) is 35.2 Å². The summed E-state index contributed by atoms with van der Waals surface area (Å²) in [6.45, 7) is 4.41. The highest BCUT2D eigenvalue weighted by atomic mass is 15.1. The van der Waals surface area contributed by atoms with Gasteiger partial charge in [0.15, 0.2) is 0 Å². The molecule has 0 saturated carbocycles. The second-order valence-corrected chi connectivity index (χ2v) is 4.01. The van der Waals surface area contributed by atoms with Gasteiger partial charge in [0.25, 0.3) is 0 Å². The molecule has 1 rings (SSSR count). The Morgan fingerprint density at radius 1 is 0.875 bits per heavy atom. The van der Waals surface area contributed by atoms with E-state index in [-0.39, 0.29) is 0 Å². The summed E-state index contributed by atoms with van der Waals surface area (Å²) in [6.07, 6.45) is 2.30. The van der Waals surface area contributed by atoms with Gasteiger partial charge in [-0.05, 0) is 24.9 Å². The Bertz CT molecular complexity index is 255. The molecule has 0 amide bonds. The molecule has 0 bridgehead atoms. The normalized spacial score (nSPS) is 10.9. The smallest absolute Gasteiger partial charge is 0.0105 e. The van der Waals surface area contributed by atoms with Crippen LogP contribution in [0.5, 0.6) is 0 Å². The molecule has 0 aliphatic heterocycles. The van der Waals surface area contributed by atoms with Crippen molar-refractivity contribution in [2.24, 2.45) is 11.5 Å². The van der Waals surface area contributed by atoms with E-state index in [1.54, 1.807) is 0 Å². The van der Waals surface area contributed by atoms with E-state index in [9.17, 15) is 0 Å². The Balaban J connectivity index is 2.22. The van der Waals surface area contributed by atoms with Gasteiger partial charge in [-0.25, -0.2) is 0 Å². The lowest BCUT2D eigenvalue weighted by atomic mass is 10.1. The van der Waals surface area contributed by atoms with Gasteiger partial charge in [0.2, 0.25) is 0 Å². The monoisotopic (exact) mass is 221 g/mol. The van der Waals surface area contributed by atoms with Crippen molar-refractivity contribution in [1.82, 2.24) is 4.90 Å². The molecule has 0 atom stereocenters. The maximum absolute atomic E-state index is 5.56. The standard InChI is InChI=1S/C13H23N3/c14-8-11-16(12-9-15)10-4-7-13-5-2-1-3-6-13/h1-3,5-6H,4,7-12,14-15H2. The van der Waals surface area contributed by atoms with E-state index in [1.165, 1.54) is 12.0 Å². The number of rotatable bonds is 8. The molecule has 0 aliphatic rings. The lowest BCUT2D eigenvalue weighted by molar-refractivity contribution is 0.285. The number of hydrogen-bond donors (Lipinski definition) is 2. The molecular formula is C13H23N3. The van der Waals surface area contributed by atoms with Crippen LogP contribution in [0.15, 0.2) is 30.3 Å². The van der Waals surface area contributed by atoms with Crippen LogP contribution < -0.4 is 11.5 Å². The van der Waals surface area contributed by atoms with Gasteiger partial charge in [-0.1, -0.05) is 30.3 Å². The zero-order valence-electron chi connectivity index (χ0n) is 9.94. The minimum atomic E-state index is 0.714. The summed E-state index contributed by atoms with van der Waals surface area (Å²) in [4.78, 5) is 2.34. The third kappa shape index (κ3) is 5.26. The van der Waals surface area contributed by atoms with Crippen LogP contribution >= 0.6 is 0 Å². The van der Waals surface area contributed by atoms with Crippen LogP contribution in [-0.4, -0.2) is 37.6 Å². The Hall–Kier alpha value is -0.900. The largest absolute Gasteiger partial charge is 0.329 e. The predicted octanol–water partition coefficient (Wildman–Crippen LogP) is 0.839. The van der Waals surface area contributed by atoms with Crippen LogP contribution in [0.1, 0.15) is 12.0 Å². The first-order chi connectivity index (χ1) is 7.86. The molecule has 0 saturated heterocycles. The molecule has 0 unspecified atom stereocenters. The molecule has 0 radical (unpaired) electrons. The zero-order valence-corrected chi connectivity index (χ0v) is 9.94. The molecule has 4 N–H and O–H groups in total. The molecule has 3 heteroatoms. The van der Waals surface area contributed by atoms with Crippen molar-refractivity contribution in [2.75, 3.05) is 32.7 Å². The van der Waals surface area contributed by atoms with E-state index in [4.69, 9.17) is 11.5 Å². The summed E-state index contributed by atoms with van der Waals surface area (Å²) in [5.41, 5.74) is 12.5. The molecule has 0 fully saturated rings. The molecule has 0 heterocycles. The minimum absolute atomic E-state index is 0.714.